The van der Waals surface area contributed by atoms with Gasteiger partial charge in [0, 0.05) is 6.04 Å². The predicted molar refractivity (Wildman–Crippen MR) is 88.1 cm³/mol. The third-order valence-electron chi connectivity index (χ3n) is 4.23. The van der Waals surface area contributed by atoms with Gasteiger partial charge in [-0.1, -0.05) is 12.1 Å². The summed E-state index contributed by atoms with van der Waals surface area (Å²) in [5.74, 6) is 2.59. The van der Waals surface area contributed by atoms with E-state index in [4.69, 9.17) is 4.42 Å². The van der Waals surface area contributed by atoms with Crippen molar-refractivity contribution in [1.29, 1.82) is 0 Å². The quantitative estimate of drug-likeness (QED) is 0.787. The monoisotopic (exact) mass is 309 g/mol. The van der Waals surface area contributed by atoms with Crippen molar-refractivity contribution in [3.05, 3.63) is 64.1 Å². The number of hydrogen-bond donors (Lipinski definition) is 1. The Bertz CT molecular complexity index is 892. The van der Waals surface area contributed by atoms with E-state index in [0.717, 1.165) is 23.6 Å². The Labute approximate surface area is 134 Å². The molecule has 0 radical (unpaired) electrons. The third-order valence-corrected chi connectivity index (χ3v) is 4.23. The lowest BCUT2D eigenvalue weighted by molar-refractivity contribution is 0.218. The smallest absolute Gasteiger partial charge is 0.258 e. The van der Waals surface area contributed by atoms with Crippen LogP contribution in [-0.2, 0) is 13.1 Å². The largest absolute Gasteiger partial charge is 0.465 e. The first-order valence-electron chi connectivity index (χ1n) is 7.96. The summed E-state index contributed by atoms with van der Waals surface area (Å²) in [5, 5.41) is 0.635. The number of hydrogen-bond acceptors (Lipinski definition) is 4. The van der Waals surface area contributed by atoms with Gasteiger partial charge in [0.15, 0.2) is 0 Å². The third kappa shape index (κ3) is 3.05. The second-order valence-electron chi connectivity index (χ2n) is 6.18. The van der Waals surface area contributed by atoms with E-state index < -0.39 is 0 Å². The topological polar surface area (TPSA) is 62.1 Å². The molecule has 1 aromatic carbocycles. The Morgan fingerprint density at radius 2 is 2.04 bits per heavy atom. The number of aromatic amines is 1. The van der Waals surface area contributed by atoms with Gasteiger partial charge in [-0.25, -0.2) is 4.98 Å². The molecule has 0 saturated heterocycles. The van der Waals surface area contributed by atoms with Gasteiger partial charge >= 0.3 is 0 Å². The molecule has 5 nitrogen and oxygen atoms in total. The van der Waals surface area contributed by atoms with Gasteiger partial charge in [-0.15, -0.1) is 0 Å². The molecule has 1 fully saturated rings. The maximum Gasteiger partial charge on any atom is 0.258 e. The molecule has 0 aliphatic heterocycles. The first-order valence-corrected chi connectivity index (χ1v) is 7.96. The summed E-state index contributed by atoms with van der Waals surface area (Å²) in [7, 11) is 0. The molecule has 2 aromatic heterocycles. The molecule has 1 N–H and O–H groups in total. The Balaban J connectivity index is 1.60. The van der Waals surface area contributed by atoms with E-state index in [9.17, 15) is 4.79 Å². The fraction of sp³-hybridized carbons (Fsp3) is 0.333. The van der Waals surface area contributed by atoms with Crippen LogP contribution in [0.15, 0.2) is 45.6 Å². The summed E-state index contributed by atoms with van der Waals surface area (Å²) in [5.41, 5.74) is 0.672. The average Bonchev–Trinajstić information content (AvgIpc) is 3.30. The Hall–Kier alpha value is -2.40. The second-order valence-corrected chi connectivity index (χ2v) is 6.18. The molecule has 23 heavy (non-hydrogen) atoms. The van der Waals surface area contributed by atoms with E-state index in [-0.39, 0.29) is 5.56 Å². The maximum atomic E-state index is 12.2. The van der Waals surface area contributed by atoms with E-state index >= 15 is 0 Å². The number of aromatic nitrogens is 2. The van der Waals surface area contributed by atoms with Crippen molar-refractivity contribution in [3.8, 4) is 0 Å². The molecule has 5 heteroatoms. The molecule has 0 spiro atoms. The minimum atomic E-state index is -0.0739. The molecule has 0 amide bonds. The standard InChI is InChI=1S/C18H19N3O2/c1-12-6-9-14(23-12)10-21(13-7-8-13)11-17-19-16-5-3-2-4-15(16)18(22)20-17/h2-6,9,13H,7-8,10-11H2,1H3,(H,19,20,22). The van der Waals surface area contributed by atoms with Crippen molar-refractivity contribution in [3.63, 3.8) is 0 Å². The predicted octanol–water partition coefficient (Wildman–Crippen LogP) is 2.99. The summed E-state index contributed by atoms with van der Waals surface area (Å²) in [4.78, 5) is 22.0. The second kappa shape index (κ2) is 5.66. The van der Waals surface area contributed by atoms with Crippen molar-refractivity contribution in [2.45, 2.75) is 38.9 Å². The fourth-order valence-electron chi connectivity index (χ4n) is 2.93. The zero-order chi connectivity index (χ0) is 15.8. The Morgan fingerprint density at radius 1 is 1.22 bits per heavy atom. The van der Waals surface area contributed by atoms with Crippen molar-refractivity contribution < 1.29 is 4.42 Å². The molecular formula is C18H19N3O2. The van der Waals surface area contributed by atoms with Crippen molar-refractivity contribution in [1.82, 2.24) is 14.9 Å². The Morgan fingerprint density at radius 3 is 2.78 bits per heavy atom. The van der Waals surface area contributed by atoms with E-state index in [1.807, 2.05) is 37.3 Å². The summed E-state index contributed by atoms with van der Waals surface area (Å²) < 4.78 is 5.69. The number of furan rings is 1. The number of aryl methyl sites for hydroxylation is 1. The van der Waals surface area contributed by atoms with Gasteiger partial charge in [0.2, 0.25) is 0 Å². The summed E-state index contributed by atoms with van der Waals surface area (Å²) in [6.45, 7) is 3.33. The van der Waals surface area contributed by atoms with Crippen LogP contribution in [0.2, 0.25) is 0 Å². The lowest BCUT2D eigenvalue weighted by atomic mass is 10.2. The number of nitrogens with one attached hydrogen (secondary N) is 1. The molecule has 0 unspecified atom stereocenters. The van der Waals surface area contributed by atoms with Crippen molar-refractivity contribution in [2.24, 2.45) is 0 Å². The van der Waals surface area contributed by atoms with Crippen LogP contribution in [0.3, 0.4) is 0 Å². The molecule has 1 saturated carbocycles. The fourth-order valence-corrected chi connectivity index (χ4v) is 2.93. The van der Waals surface area contributed by atoms with Gasteiger partial charge < -0.3 is 9.40 Å². The van der Waals surface area contributed by atoms with E-state index in [0.29, 0.717) is 23.8 Å². The molecule has 3 aromatic rings. The highest BCUT2D eigenvalue weighted by molar-refractivity contribution is 5.77. The highest BCUT2D eigenvalue weighted by Gasteiger charge is 2.30. The van der Waals surface area contributed by atoms with E-state index in [1.165, 1.54) is 12.8 Å². The van der Waals surface area contributed by atoms with Gasteiger partial charge in [-0.3, -0.25) is 9.69 Å². The van der Waals surface area contributed by atoms with Gasteiger partial charge in [0.05, 0.1) is 24.0 Å². The van der Waals surface area contributed by atoms with Crippen molar-refractivity contribution in [2.75, 3.05) is 0 Å². The van der Waals surface area contributed by atoms with Gasteiger partial charge in [0.1, 0.15) is 17.3 Å². The van der Waals surface area contributed by atoms with Crippen LogP contribution < -0.4 is 5.56 Å². The average molecular weight is 309 g/mol. The first-order chi connectivity index (χ1) is 11.2. The first kappa shape index (κ1) is 14.2. The van der Waals surface area contributed by atoms with Crippen LogP contribution in [0.1, 0.15) is 30.2 Å². The number of fused-ring (bicyclic) bond motifs is 1. The molecule has 0 atom stereocenters. The SMILES string of the molecule is Cc1ccc(CN(Cc2nc3ccccc3c(=O)[nH]2)C2CC2)o1. The summed E-state index contributed by atoms with van der Waals surface area (Å²) >= 11 is 0. The van der Waals surface area contributed by atoms with Gasteiger partial charge in [-0.2, -0.15) is 0 Å². The minimum Gasteiger partial charge on any atom is -0.465 e. The van der Waals surface area contributed by atoms with Crippen LogP contribution >= 0.6 is 0 Å². The van der Waals surface area contributed by atoms with Crippen LogP contribution in [0, 0.1) is 6.92 Å². The number of rotatable bonds is 5. The minimum absolute atomic E-state index is 0.0739. The normalized spacial score (nSPS) is 14.7. The molecule has 1 aliphatic rings. The number of H-pyrrole nitrogens is 1. The van der Waals surface area contributed by atoms with E-state index in [2.05, 4.69) is 14.9 Å². The molecule has 0 bridgehead atoms. The lowest BCUT2D eigenvalue weighted by Gasteiger charge is -2.20. The number of nitrogens with zero attached hydrogens (tertiary/aromatic N) is 2. The van der Waals surface area contributed by atoms with Crippen LogP contribution in [-0.4, -0.2) is 20.9 Å². The highest BCUT2D eigenvalue weighted by Crippen LogP contribution is 2.29. The Kier molecular flexibility index (Phi) is 3.50. The van der Waals surface area contributed by atoms with Gasteiger partial charge in [0.25, 0.3) is 5.56 Å². The zero-order valence-corrected chi connectivity index (χ0v) is 13.1. The van der Waals surface area contributed by atoms with Gasteiger partial charge in [-0.05, 0) is 44.0 Å². The number of para-hydroxylation sites is 1. The lowest BCUT2D eigenvalue weighted by Crippen LogP contribution is -2.27. The molecule has 4 rings (SSSR count). The summed E-state index contributed by atoms with van der Waals surface area (Å²) in [6, 6.07) is 12.0. The molecule has 1 aliphatic carbocycles. The number of benzene rings is 1. The maximum absolute atomic E-state index is 12.2. The zero-order valence-electron chi connectivity index (χ0n) is 13.1. The van der Waals surface area contributed by atoms with Crippen molar-refractivity contribution >= 4 is 10.9 Å². The van der Waals surface area contributed by atoms with Crippen LogP contribution in [0.5, 0.6) is 0 Å². The highest BCUT2D eigenvalue weighted by atomic mass is 16.3. The molecule has 2 heterocycles. The molecule has 118 valence electrons. The van der Waals surface area contributed by atoms with E-state index in [1.54, 1.807) is 6.07 Å². The van der Waals surface area contributed by atoms with Crippen LogP contribution in [0.4, 0.5) is 0 Å². The van der Waals surface area contributed by atoms with Crippen LogP contribution in [0.25, 0.3) is 10.9 Å². The molecular weight excluding hydrogens is 290 g/mol. The summed E-state index contributed by atoms with van der Waals surface area (Å²) in [6.07, 6.45) is 2.38.